The van der Waals surface area contributed by atoms with Crippen molar-refractivity contribution in [2.45, 2.75) is 39.2 Å². The summed E-state index contributed by atoms with van der Waals surface area (Å²) in [6, 6.07) is 12.6. The van der Waals surface area contributed by atoms with E-state index >= 15 is 0 Å². The lowest BCUT2D eigenvalue weighted by atomic mass is 9.86. The van der Waals surface area contributed by atoms with Crippen molar-refractivity contribution < 1.29 is 18.4 Å². The van der Waals surface area contributed by atoms with Crippen LogP contribution in [0.5, 0.6) is 0 Å². The summed E-state index contributed by atoms with van der Waals surface area (Å²) in [5.74, 6) is -1.57. The van der Waals surface area contributed by atoms with E-state index in [1.54, 1.807) is 52.0 Å². The Balaban J connectivity index is 1.68. The van der Waals surface area contributed by atoms with E-state index in [0.29, 0.717) is 28.0 Å². The van der Waals surface area contributed by atoms with E-state index < -0.39 is 23.3 Å². The fourth-order valence-electron chi connectivity index (χ4n) is 3.18. The molecule has 30 heavy (non-hydrogen) atoms. The monoisotopic (exact) mass is 407 g/mol. The zero-order valence-corrected chi connectivity index (χ0v) is 17.2. The van der Waals surface area contributed by atoms with E-state index in [4.69, 9.17) is 4.42 Å². The number of aryl methyl sites for hydroxylation is 1. The number of halogens is 1. The first-order valence-electron chi connectivity index (χ1n) is 9.44. The van der Waals surface area contributed by atoms with Gasteiger partial charge in [0.15, 0.2) is 0 Å². The Kier molecular flexibility index (Phi) is 5.61. The summed E-state index contributed by atoms with van der Waals surface area (Å²) in [6.07, 6.45) is 0. The first-order chi connectivity index (χ1) is 14.1. The van der Waals surface area contributed by atoms with E-state index in [0.717, 1.165) is 5.56 Å². The van der Waals surface area contributed by atoms with Gasteiger partial charge in [0, 0.05) is 16.6 Å². The van der Waals surface area contributed by atoms with Gasteiger partial charge < -0.3 is 15.1 Å². The van der Waals surface area contributed by atoms with E-state index in [1.807, 2.05) is 0 Å². The molecule has 0 spiro atoms. The number of carbonyl (C=O) groups is 2. The summed E-state index contributed by atoms with van der Waals surface area (Å²) >= 11 is 0. The normalized spacial score (nSPS) is 12.3. The number of carbonyl (C=O) groups excluding carboxylic acids is 2. The Morgan fingerprint density at radius 2 is 1.80 bits per heavy atom. The zero-order valence-electron chi connectivity index (χ0n) is 17.2. The highest BCUT2D eigenvalue weighted by molar-refractivity contribution is 6.39. The van der Waals surface area contributed by atoms with Crippen molar-refractivity contribution in [3.05, 3.63) is 65.2 Å². The number of amides is 2. The van der Waals surface area contributed by atoms with Crippen LogP contribution in [0.4, 0.5) is 10.1 Å². The van der Waals surface area contributed by atoms with Gasteiger partial charge >= 0.3 is 11.8 Å². The van der Waals surface area contributed by atoms with Gasteiger partial charge in [-0.3, -0.25) is 9.59 Å². The van der Waals surface area contributed by atoms with Crippen LogP contribution in [0.15, 0.2) is 46.9 Å². The van der Waals surface area contributed by atoms with Crippen LogP contribution < -0.4 is 10.6 Å². The summed E-state index contributed by atoms with van der Waals surface area (Å²) in [6.45, 7) is 7.05. The van der Waals surface area contributed by atoms with Gasteiger partial charge in [0.1, 0.15) is 17.2 Å². The third-order valence-electron chi connectivity index (χ3n) is 5.03. The number of nitriles is 1. The number of anilines is 1. The Bertz CT molecular complexity index is 1160. The molecule has 7 heteroatoms. The smallest absolute Gasteiger partial charge is 0.313 e. The first kappa shape index (κ1) is 21.1. The Morgan fingerprint density at radius 1 is 1.13 bits per heavy atom. The zero-order chi connectivity index (χ0) is 22.1. The highest BCUT2D eigenvalue weighted by Gasteiger charge is 2.23. The summed E-state index contributed by atoms with van der Waals surface area (Å²) < 4.78 is 19.2. The largest absolute Gasteiger partial charge is 0.459 e. The van der Waals surface area contributed by atoms with Crippen LogP contribution >= 0.6 is 0 Å². The molecule has 1 unspecified atom stereocenters. The molecular weight excluding hydrogens is 385 g/mol. The maximum atomic E-state index is 13.5. The molecule has 0 aliphatic rings. The number of nitrogens with zero attached hydrogens (tertiary/aromatic N) is 1. The van der Waals surface area contributed by atoms with Crippen LogP contribution in [0.25, 0.3) is 11.0 Å². The topological polar surface area (TPSA) is 95.1 Å². The third kappa shape index (κ3) is 4.18. The molecule has 1 atom stereocenters. The molecular formula is C23H22FN3O3. The van der Waals surface area contributed by atoms with Crippen LogP contribution in [0.2, 0.25) is 0 Å². The molecule has 0 bridgehead atoms. The summed E-state index contributed by atoms with van der Waals surface area (Å²) in [5, 5.41) is 14.9. The van der Waals surface area contributed by atoms with Crippen molar-refractivity contribution in [1.29, 1.82) is 5.26 Å². The molecule has 6 nitrogen and oxygen atoms in total. The Morgan fingerprint density at radius 3 is 2.43 bits per heavy atom. The Labute approximate surface area is 173 Å². The molecule has 0 saturated carbocycles. The molecule has 0 fully saturated rings. The molecule has 0 aliphatic heterocycles. The number of benzene rings is 2. The molecule has 1 aromatic heterocycles. The molecule has 0 aliphatic carbocycles. The number of furan rings is 1. The number of rotatable bonds is 4. The summed E-state index contributed by atoms with van der Waals surface area (Å²) in [5.41, 5.74) is 1.81. The fourth-order valence-corrected chi connectivity index (χ4v) is 3.18. The van der Waals surface area contributed by atoms with Gasteiger partial charge in [0.2, 0.25) is 0 Å². The van der Waals surface area contributed by atoms with Crippen molar-refractivity contribution in [1.82, 2.24) is 5.32 Å². The van der Waals surface area contributed by atoms with Crippen LogP contribution in [0.1, 0.15) is 43.7 Å². The van der Waals surface area contributed by atoms with Crippen molar-refractivity contribution in [2.75, 3.05) is 5.32 Å². The van der Waals surface area contributed by atoms with Crippen LogP contribution in [-0.2, 0) is 15.0 Å². The number of hydrogen-bond acceptors (Lipinski definition) is 4. The van der Waals surface area contributed by atoms with Gasteiger partial charge in [-0.2, -0.15) is 5.26 Å². The molecule has 154 valence electrons. The first-order valence-corrected chi connectivity index (χ1v) is 9.44. The van der Waals surface area contributed by atoms with E-state index in [-0.39, 0.29) is 5.82 Å². The Hall–Kier alpha value is -3.66. The number of fused-ring (bicyclic) bond motifs is 1. The second-order valence-electron chi connectivity index (χ2n) is 7.70. The van der Waals surface area contributed by atoms with Gasteiger partial charge in [-0.1, -0.05) is 12.1 Å². The van der Waals surface area contributed by atoms with Gasteiger partial charge in [-0.05, 0) is 63.6 Å². The van der Waals surface area contributed by atoms with Crippen molar-refractivity contribution in [3.8, 4) is 6.07 Å². The van der Waals surface area contributed by atoms with Gasteiger partial charge in [-0.25, -0.2) is 4.39 Å². The molecule has 3 aromatic rings. The summed E-state index contributed by atoms with van der Waals surface area (Å²) in [7, 11) is 0. The molecule has 2 N–H and O–H groups in total. The van der Waals surface area contributed by atoms with Gasteiger partial charge in [0.05, 0.1) is 17.5 Å². The minimum absolute atomic E-state index is 0.377. The second-order valence-corrected chi connectivity index (χ2v) is 7.70. The van der Waals surface area contributed by atoms with Gasteiger partial charge in [-0.15, -0.1) is 0 Å². The average Bonchev–Trinajstić information content (AvgIpc) is 3.04. The number of nitrogens with one attached hydrogen (secondary N) is 2. The molecule has 3 rings (SSSR count). The lowest BCUT2D eigenvalue weighted by Crippen LogP contribution is -2.37. The minimum atomic E-state index is -0.825. The molecule has 2 aromatic carbocycles. The quantitative estimate of drug-likeness (QED) is 0.623. The van der Waals surface area contributed by atoms with E-state index in [1.165, 1.54) is 18.2 Å². The van der Waals surface area contributed by atoms with Crippen molar-refractivity contribution >= 4 is 28.5 Å². The highest BCUT2D eigenvalue weighted by atomic mass is 19.1. The van der Waals surface area contributed by atoms with Crippen LogP contribution in [0.3, 0.4) is 0 Å². The second kappa shape index (κ2) is 7.99. The standard InChI is InChI=1S/C23H22FN3O3/c1-13-18-11-16(24)7-10-19(18)30-20(13)14(2)26-21(28)22(29)27-17-8-5-15(6-9-17)23(3,4)12-25/h5-11,14H,1-4H3,(H,26,28)(H,27,29). The van der Waals surface area contributed by atoms with E-state index in [2.05, 4.69) is 16.7 Å². The summed E-state index contributed by atoms with van der Waals surface area (Å²) in [4.78, 5) is 24.6. The highest BCUT2D eigenvalue weighted by Crippen LogP contribution is 2.30. The lowest BCUT2D eigenvalue weighted by Gasteiger charge is -2.16. The van der Waals surface area contributed by atoms with Crippen molar-refractivity contribution in [3.63, 3.8) is 0 Å². The van der Waals surface area contributed by atoms with Crippen LogP contribution in [-0.4, -0.2) is 11.8 Å². The third-order valence-corrected chi connectivity index (χ3v) is 5.03. The van der Waals surface area contributed by atoms with Crippen molar-refractivity contribution in [2.24, 2.45) is 0 Å². The van der Waals surface area contributed by atoms with E-state index in [9.17, 15) is 19.2 Å². The average molecular weight is 407 g/mol. The SMILES string of the molecule is Cc1c(C(C)NC(=O)C(=O)Nc2ccc(C(C)(C)C#N)cc2)oc2ccc(F)cc12. The molecule has 0 radical (unpaired) electrons. The molecule has 1 heterocycles. The maximum Gasteiger partial charge on any atom is 0.313 e. The number of hydrogen-bond donors (Lipinski definition) is 2. The fraction of sp³-hybridized carbons (Fsp3) is 0.261. The molecule has 0 saturated heterocycles. The van der Waals surface area contributed by atoms with Crippen LogP contribution in [0, 0.1) is 24.1 Å². The van der Waals surface area contributed by atoms with Gasteiger partial charge in [0.25, 0.3) is 0 Å². The maximum absolute atomic E-state index is 13.5. The predicted molar refractivity (Wildman–Crippen MR) is 111 cm³/mol. The predicted octanol–water partition coefficient (Wildman–Crippen LogP) is 4.50. The lowest BCUT2D eigenvalue weighted by molar-refractivity contribution is -0.136. The molecule has 2 amide bonds. The minimum Gasteiger partial charge on any atom is -0.459 e.